The molecule has 0 saturated heterocycles. The molecule has 148 valence electrons. The molecule has 0 saturated carbocycles. The molecule has 2 unspecified atom stereocenters. The first kappa shape index (κ1) is 21.9. The van der Waals surface area contributed by atoms with E-state index in [0.29, 0.717) is 0 Å². The van der Waals surface area contributed by atoms with E-state index in [1.807, 2.05) is 19.9 Å². The van der Waals surface area contributed by atoms with Crippen molar-refractivity contribution in [1.82, 2.24) is 10.6 Å². The van der Waals surface area contributed by atoms with Crippen molar-refractivity contribution >= 4 is 23.9 Å². The Balaban J connectivity index is 2.69. The number of hydrogen-bond donors (Lipinski definition) is 4. The molecule has 27 heavy (non-hydrogen) atoms. The van der Waals surface area contributed by atoms with E-state index in [1.54, 1.807) is 24.3 Å². The normalized spacial score (nSPS) is 12.7. The number of hydrogen-bond acceptors (Lipinski definition) is 5. The number of benzene rings is 1. The van der Waals surface area contributed by atoms with Gasteiger partial charge in [0.2, 0.25) is 5.91 Å². The zero-order valence-electron chi connectivity index (χ0n) is 15.2. The second-order valence-electron chi connectivity index (χ2n) is 6.39. The van der Waals surface area contributed by atoms with Gasteiger partial charge in [-0.3, -0.25) is 9.59 Å². The van der Waals surface area contributed by atoms with Crippen LogP contribution >= 0.6 is 0 Å². The Hall–Kier alpha value is -3.10. The van der Waals surface area contributed by atoms with E-state index in [0.717, 1.165) is 5.56 Å². The zero-order valence-corrected chi connectivity index (χ0v) is 15.2. The number of ether oxygens (including phenoxy) is 1. The minimum absolute atomic E-state index is 0.0120. The maximum atomic E-state index is 12.3. The summed E-state index contributed by atoms with van der Waals surface area (Å²) < 4.78 is 5.07. The smallest absolute Gasteiger partial charge is 0.408 e. The molecule has 9 nitrogen and oxygen atoms in total. The molecule has 1 aromatic carbocycles. The first-order chi connectivity index (χ1) is 12.7. The fourth-order valence-electron chi connectivity index (χ4n) is 2.26. The van der Waals surface area contributed by atoms with Crippen LogP contribution in [0.3, 0.4) is 0 Å². The van der Waals surface area contributed by atoms with Gasteiger partial charge in [0.15, 0.2) is 0 Å². The topological polar surface area (TPSA) is 142 Å². The van der Waals surface area contributed by atoms with Gasteiger partial charge < -0.3 is 25.6 Å². The summed E-state index contributed by atoms with van der Waals surface area (Å²) in [5, 5.41) is 22.3. The molecule has 0 heterocycles. The number of aliphatic carboxylic acids is 2. The van der Waals surface area contributed by atoms with Crippen molar-refractivity contribution in [3.8, 4) is 0 Å². The summed E-state index contributed by atoms with van der Waals surface area (Å²) in [6.45, 7) is 3.66. The van der Waals surface area contributed by atoms with Gasteiger partial charge in [-0.1, -0.05) is 44.2 Å². The van der Waals surface area contributed by atoms with Gasteiger partial charge in [-0.15, -0.1) is 0 Å². The molecule has 0 aromatic heterocycles. The van der Waals surface area contributed by atoms with E-state index >= 15 is 0 Å². The average molecular weight is 380 g/mol. The summed E-state index contributed by atoms with van der Waals surface area (Å²) in [6, 6.07) is 6.31. The van der Waals surface area contributed by atoms with E-state index in [1.165, 1.54) is 0 Å². The van der Waals surface area contributed by atoms with Crippen molar-refractivity contribution < 1.29 is 34.1 Å². The Labute approximate surface area is 156 Å². The molecule has 0 fully saturated rings. The SMILES string of the molecule is CC(C)CC(NC(=O)OCc1ccccc1)C(=O)NC(CC(=O)O)C(=O)O. The van der Waals surface area contributed by atoms with Gasteiger partial charge in [0.25, 0.3) is 0 Å². The third kappa shape index (κ3) is 8.70. The molecule has 0 spiro atoms. The minimum atomic E-state index is -1.59. The zero-order chi connectivity index (χ0) is 20.4. The predicted octanol–water partition coefficient (Wildman–Crippen LogP) is 1.37. The van der Waals surface area contributed by atoms with Gasteiger partial charge in [0.05, 0.1) is 6.42 Å². The largest absolute Gasteiger partial charge is 0.481 e. The van der Waals surface area contributed by atoms with Gasteiger partial charge in [0.1, 0.15) is 18.7 Å². The molecule has 2 amide bonds. The third-order valence-corrected chi connectivity index (χ3v) is 3.52. The summed E-state index contributed by atoms with van der Waals surface area (Å²) in [5.74, 6) is -3.61. The monoisotopic (exact) mass is 380 g/mol. The lowest BCUT2D eigenvalue weighted by atomic mass is 10.0. The molecule has 2 atom stereocenters. The van der Waals surface area contributed by atoms with Crippen LogP contribution < -0.4 is 10.6 Å². The predicted molar refractivity (Wildman–Crippen MR) is 94.8 cm³/mol. The summed E-state index contributed by atoms with van der Waals surface area (Å²) in [5.41, 5.74) is 0.768. The van der Waals surface area contributed by atoms with Crippen molar-refractivity contribution in [3.63, 3.8) is 0 Å². The molecule has 0 aliphatic carbocycles. The number of carboxylic acid groups (broad SMARTS) is 2. The lowest BCUT2D eigenvalue weighted by Crippen LogP contribution is -2.52. The highest BCUT2D eigenvalue weighted by Gasteiger charge is 2.28. The number of amides is 2. The van der Waals surface area contributed by atoms with Gasteiger partial charge in [-0.2, -0.15) is 0 Å². The van der Waals surface area contributed by atoms with E-state index in [-0.39, 0.29) is 18.9 Å². The quantitative estimate of drug-likeness (QED) is 0.480. The van der Waals surface area contributed by atoms with E-state index < -0.39 is 42.4 Å². The number of carbonyl (C=O) groups is 4. The molecular formula is C18H24N2O7. The summed E-state index contributed by atoms with van der Waals surface area (Å²) in [6.07, 6.45) is -1.37. The molecule has 0 aliphatic rings. The van der Waals surface area contributed by atoms with Crippen LogP contribution in [-0.2, 0) is 25.7 Å². The summed E-state index contributed by atoms with van der Waals surface area (Å²) >= 11 is 0. The van der Waals surface area contributed by atoms with E-state index in [9.17, 15) is 19.2 Å². The Bertz CT molecular complexity index is 661. The second kappa shape index (κ2) is 10.8. The van der Waals surface area contributed by atoms with Crippen LogP contribution in [0.15, 0.2) is 30.3 Å². The van der Waals surface area contributed by atoms with Crippen LogP contribution in [0.1, 0.15) is 32.3 Å². The number of alkyl carbamates (subject to hydrolysis) is 1. The van der Waals surface area contributed by atoms with Crippen LogP contribution in [0.25, 0.3) is 0 Å². The first-order valence-electron chi connectivity index (χ1n) is 8.41. The lowest BCUT2D eigenvalue weighted by molar-refractivity contribution is -0.147. The van der Waals surface area contributed by atoms with Crippen LogP contribution in [0.5, 0.6) is 0 Å². The van der Waals surface area contributed by atoms with Crippen molar-refractivity contribution in [2.45, 2.75) is 45.4 Å². The first-order valence-corrected chi connectivity index (χ1v) is 8.41. The van der Waals surface area contributed by atoms with Crippen molar-refractivity contribution in [2.24, 2.45) is 5.92 Å². The number of rotatable bonds is 10. The Kier molecular flexibility index (Phi) is 8.77. The summed E-state index contributed by atoms with van der Waals surface area (Å²) in [4.78, 5) is 46.2. The number of nitrogens with one attached hydrogen (secondary N) is 2. The lowest BCUT2D eigenvalue weighted by Gasteiger charge is -2.22. The molecule has 9 heteroatoms. The van der Waals surface area contributed by atoms with Crippen LogP contribution in [0.2, 0.25) is 0 Å². The molecule has 4 N–H and O–H groups in total. The van der Waals surface area contributed by atoms with Crippen molar-refractivity contribution in [3.05, 3.63) is 35.9 Å². The molecule has 0 bridgehead atoms. The molecular weight excluding hydrogens is 356 g/mol. The van der Waals surface area contributed by atoms with Gasteiger partial charge in [-0.25, -0.2) is 9.59 Å². The minimum Gasteiger partial charge on any atom is -0.481 e. The van der Waals surface area contributed by atoms with Crippen LogP contribution in [0.4, 0.5) is 4.79 Å². The molecule has 1 rings (SSSR count). The van der Waals surface area contributed by atoms with Crippen molar-refractivity contribution in [2.75, 3.05) is 0 Å². The maximum Gasteiger partial charge on any atom is 0.408 e. The second-order valence-corrected chi connectivity index (χ2v) is 6.39. The highest BCUT2D eigenvalue weighted by Crippen LogP contribution is 2.07. The number of carboxylic acids is 2. The fraction of sp³-hybridized carbons (Fsp3) is 0.444. The Morgan fingerprint density at radius 2 is 1.63 bits per heavy atom. The number of carbonyl (C=O) groups excluding carboxylic acids is 2. The van der Waals surface area contributed by atoms with Crippen LogP contribution in [0, 0.1) is 5.92 Å². The highest BCUT2D eigenvalue weighted by atomic mass is 16.5. The van der Waals surface area contributed by atoms with Gasteiger partial charge in [-0.05, 0) is 17.9 Å². The Morgan fingerprint density at radius 3 is 2.15 bits per heavy atom. The van der Waals surface area contributed by atoms with Crippen LogP contribution in [-0.4, -0.2) is 46.2 Å². The van der Waals surface area contributed by atoms with E-state index in [4.69, 9.17) is 14.9 Å². The van der Waals surface area contributed by atoms with E-state index in [2.05, 4.69) is 10.6 Å². The van der Waals surface area contributed by atoms with Gasteiger partial charge in [0, 0.05) is 0 Å². The molecule has 0 radical (unpaired) electrons. The van der Waals surface area contributed by atoms with Gasteiger partial charge >= 0.3 is 18.0 Å². The summed E-state index contributed by atoms with van der Waals surface area (Å²) in [7, 11) is 0. The molecule has 1 aromatic rings. The molecule has 0 aliphatic heterocycles. The van der Waals surface area contributed by atoms with Crippen molar-refractivity contribution in [1.29, 1.82) is 0 Å². The fourth-order valence-corrected chi connectivity index (χ4v) is 2.26. The highest BCUT2D eigenvalue weighted by molar-refractivity contribution is 5.90. The third-order valence-electron chi connectivity index (χ3n) is 3.52. The average Bonchev–Trinajstić information content (AvgIpc) is 2.58. The Morgan fingerprint density at radius 1 is 1.00 bits per heavy atom. The standard InChI is InChI=1S/C18H24N2O7/c1-11(2)8-13(16(23)19-14(17(24)25)9-15(21)22)20-18(26)27-10-12-6-4-3-5-7-12/h3-7,11,13-14H,8-10H2,1-2H3,(H,19,23)(H,20,26)(H,21,22)(H,24,25). The maximum absolute atomic E-state index is 12.3.